The maximum atomic E-state index is 12.5. The van der Waals surface area contributed by atoms with Gasteiger partial charge >= 0.3 is 11.7 Å². The van der Waals surface area contributed by atoms with Crippen LogP contribution in [0.5, 0.6) is 0 Å². The molecule has 0 saturated carbocycles. The van der Waals surface area contributed by atoms with Crippen molar-refractivity contribution in [1.29, 1.82) is 0 Å². The summed E-state index contributed by atoms with van der Waals surface area (Å²) in [5.74, 6) is -2.45. The Balaban J connectivity index is 2.06. The minimum atomic E-state index is -0.873. The van der Waals surface area contributed by atoms with Gasteiger partial charge in [-0.3, -0.25) is 28.3 Å². The van der Waals surface area contributed by atoms with E-state index in [1.54, 1.807) is 24.3 Å². The highest BCUT2D eigenvalue weighted by Crippen LogP contribution is 2.11. The number of Topliss-reactive ketones (excluding diaryl/α,β-unsaturated/α-hetero) is 1. The van der Waals surface area contributed by atoms with Crippen molar-refractivity contribution in [2.24, 2.45) is 13.0 Å². The third-order valence-corrected chi connectivity index (χ3v) is 4.75. The molecule has 2 rings (SSSR count). The second-order valence-corrected chi connectivity index (χ2v) is 8.10. The molecule has 1 aromatic carbocycles. The Morgan fingerprint density at radius 2 is 1.90 bits per heavy atom. The number of amides is 1. The SMILES string of the molecule is CC(C)Cn1c(N)c(C(=O)COC(=O)CNC(=O)c2cccc(Br)c2)c(=O)n(C)c1=O. The topological polar surface area (TPSA) is 142 Å². The summed E-state index contributed by atoms with van der Waals surface area (Å²) in [7, 11) is 1.24. The fraction of sp³-hybridized carbons (Fsp3) is 0.350. The van der Waals surface area contributed by atoms with Crippen molar-refractivity contribution in [2.75, 3.05) is 18.9 Å². The summed E-state index contributed by atoms with van der Waals surface area (Å²) >= 11 is 3.24. The number of nitrogens with zero attached hydrogens (tertiary/aromatic N) is 2. The molecule has 0 spiro atoms. The van der Waals surface area contributed by atoms with Gasteiger partial charge in [0, 0.05) is 23.6 Å². The number of hydrogen-bond acceptors (Lipinski definition) is 7. The second-order valence-electron chi connectivity index (χ2n) is 7.19. The van der Waals surface area contributed by atoms with Crippen molar-refractivity contribution < 1.29 is 19.1 Å². The normalized spacial score (nSPS) is 10.7. The standard InChI is InChI=1S/C20H23BrN4O6/c1-11(2)9-25-17(22)16(19(29)24(3)20(25)30)14(26)10-31-15(27)8-23-18(28)12-5-4-6-13(21)7-12/h4-7,11H,8-10,22H2,1-3H3,(H,23,28). The van der Waals surface area contributed by atoms with E-state index in [4.69, 9.17) is 10.5 Å². The predicted molar refractivity (Wildman–Crippen MR) is 117 cm³/mol. The highest BCUT2D eigenvalue weighted by Gasteiger charge is 2.23. The van der Waals surface area contributed by atoms with Gasteiger partial charge in [-0.1, -0.05) is 35.8 Å². The number of nitrogen functional groups attached to an aromatic ring is 1. The van der Waals surface area contributed by atoms with E-state index in [9.17, 15) is 24.0 Å². The number of halogens is 1. The molecule has 3 N–H and O–H groups in total. The molecule has 31 heavy (non-hydrogen) atoms. The highest BCUT2D eigenvalue weighted by molar-refractivity contribution is 9.10. The first-order chi connectivity index (χ1) is 14.5. The van der Waals surface area contributed by atoms with Gasteiger partial charge in [0.2, 0.25) is 5.78 Å². The zero-order chi connectivity index (χ0) is 23.3. The van der Waals surface area contributed by atoms with Crippen molar-refractivity contribution in [3.63, 3.8) is 0 Å². The fourth-order valence-corrected chi connectivity index (χ4v) is 3.14. The summed E-state index contributed by atoms with van der Waals surface area (Å²) in [5, 5.41) is 2.38. The van der Waals surface area contributed by atoms with Gasteiger partial charge in [0.25, 0.3) is 11.5 Å². The first-order valence-electron chi connectivity index (χ1n) is 9.34. The lowest BCUT2D eigenvalue weighted by Gasteiger charge is -2.16. The molecule has 1 amide bonds. The minimum absolute atomic E-state index is 0.0344. The van der Waals surface area contributed by atoms with Gasteiger partial charge in [0.05, 0.1) is 0 Å². The monoisotopic (exact) mass is 494 g/mol. The first kappa shape index (κ1) is 24.1. The van der Waals surface area contributed by atoms with Gasteiger partial charge in [-0.25, -0.2) is 4.79 Å². The third kappa shape index (κ3) is 5.91. The number of carbonyl (C=O) groups is 3. The van der Waals surface area contributed by atoms with Crippen LogP contribution in [0.25, 0.3) is 0 Å². The van der Waals surface area contributed by atoms with Crippen LogP contribution in [0.2, 0.25) is 0 Å². The number of anilines is 1. The Morgan fingerprint density at radius 1 is 1.23 bits per heavy atom. The van der Waals surface area contributed by atoms with Crippen LogP contribution >= 0.6 is 15.9 Å². The largest absolute Gasteiger partial charge is 0.456 e. The molecule has 0 radical (unpaired) electrons. The summed E-state index contributed by atoms with van der Waals surface area (Å²) < 4.78 is 7.49. The van der Waals surface area contributed by atoms with Crippen LogP contribution in [0.3, 0.4) is 0 Å². The third-order valence-electron chi connectivity index (χ3n) is 4.25. The number of rotatable bonds is 8. The van der Waals surface area contributed by atoms with E-state index in [2.05, 4.69) is 21.2 Å². The van der Waals surface area contributed by atoms with Gasteiger partial charge in [-0.2, -0.15) is 0 Å². The second kappa shape index (κ2) is 10.2. The summed E-state index contributed by atoms with van der Waals surface area (Å²) in [4.78, 5) is 61.1. The number of aromatic nitrogens is 2. The van der Waals surface area contributed by atoms with E-state index < -0.39 is 47.6 Å². The molecule has 0 fully saturated rings. The average Bonchev–Trinajstić information content (AvgIpc) is 2.72. The molecular formula is C20H23BrN4O6. The number of nitrogens with two attached hydrogens (primary N) is 1. The number of nitrogens with one attached hydrogen (secondary N) is 1. The van der Waals surface area contributed by atoms with E-state index >= 15 is 0 Å². The number of benzene rings is 1. The van der Waals surface area contributed by atoms with E-state index in [1.807, 2.05) is 13.8 Å². The van der Waals surface area contributed by atoms with Gasteiger partial charge < -0.3 is 15.8 Å². The molecule has 0 saturated heterocycles. The number of ether oxygens (including phenoxy) is 1. The van der Waals surface area contributed by atoms with E-state index in [0.717, 1.165) is 9.13 Å². The Bertz CT molecular complexity index is 1140. The quantitative estimate of drug-likeness (QED) is 0.406. The molecule has 11 heteroatoms. The lowest BCUT2D eigenvalue weighted by Crippen LogP contribution is -2.43. The van der Waals surface area contributed by atoms with Crippen LogP contribution in [-0.4, -0.2) is 39.9 Å². The smallest absolute Gasteiger partial charge is 0.332 e. The average molecular weight is 495 g/mol. The molecule has 0 unspecified atom stereocenters. The molecule has 0 aliphatic rings. The van der Waals surface area contributed by atoms with Gasteiger partial charge in [0.1, 0.15) is 17.9 Å². The Labute approximate surface area is 186 Å². The van der Waals surface area contributed by atoms with E-state index in [-0.39, 0.29) is 18.3 Å². The fourth-order valence-electron chi connectivity index (χ4n) is 2.74. The maximum absolute atomic E-state index is 12.5. The van der Waals surface area contributed by atoms with E-state index in [1.165, 1.54) is 7.05 Å². The highest BCUT2D eigenvalue weighted by atomic mass is 79.9. The molecule has 1 aromatic heterocycles. The molecule has 0 aliphatic heterocycles. The maximum Gasteiger partial charge on any atom is 0.332 e. The summed E-state index contributed by atoms with van der Waals surface area (Å²) in [6.07, 6.45) is 0. The molecule has 1 heterocycles. The minimum Gasteiger partial charge on any atom is -0.456 e. The van der Waals surface area contributed by atoms with Crippen LogP contribution in [0.4, 0.5) is 5.82 Å². The molecule has 10 nitrogen and oxygen atoms in total. The number of hydrogen-bond donors (Lipinski definition) is 2. The summed E-state index contributed by atoms with van der Waals surface area (Å²) in [6, 6.07) is 6.56. The molecule has 166 valence electrons. The number of ketones is 1. The van der Waals surface area contributed by atoms with Crippen molar-refractivity contribution in [3.05, 3.63) is 60.7 Å². The van der Waals surface area contributed by atoms with Crippen molar-refractivity contribution in [2.45, 2.75) is 20.4 Å². The van der Waals surface area contributed by atoms with Crippen molar-refractivity contribution in [3.8, 4) is 0 Å². The molecule has 0 bridgehead atoms. The van der Waals surface area contributed by atoms with Crippen LogP contribution in [-0.2, 0) is 23.1 Å². The van der Waals surface area contributed by atoms with Crippen molar-refractivity contribution in [1.82, 2.24) is 14.5 Å². The van der Waals surface area contributed by atoms with E-state index in [0.29, 0.717) is 10.0 Å². The lowest BCUT2D eigenvalue weighted by molar-refractivity contribution is -0.141. The number of carbonyl (C=O) groups excluding carboxylic acids is 3. The van der Waals surface area contributed by atoms with Crippen LogP contribution in [0.15, 0.2) is 38.3 Å². The Hall–Kier alpha value is -3.21. The Kier molecular flexibility index (Phi) is 7.92. The van der Waals surface area contributed by atoms with Crippen LogP contribution < -0.4 is 22.3 Å². The molecule has 2 aromatic rings. The Morgan fingerprint density at radius 3 is 2.52 bits per heavy atom. The van der Waals surface area contributed by atoms with Gasteiger partial charge in [0.15, 0.2) is 6.61 Å². The van der Waals surface area contributed by atoms with Crippen LogP contribution in [0.1, 0.15) is 34.6 Å². The zero-order valence-electron chi connectivity index (χ0n) is 17.3. The van der Waals surface area contributed by atoms with Crippen molar-refractivity contribution >= 4 is 39.4 Å². The lowest BCUT2D eigenvalue weighted by atomic mass is 10.1. The zero-order valence-corrected chi connectivity index (χ0v) is 18.9. The summed E-state index contributed by atoms with van der Waals surface area (Å²) in [5.41, 5.74) is 4.32. The molecule has 0 aliphatic carbocycles. The first-order valence-corrected chi connectivity index (χ1v) is 10.1. The predicted octanol–water partition coefficient (Wildman–Crippen LogP) is 0.704. The number of esters is 1. The molecular weight excluding hydrogens is 472 g/mol. The van der Waals surface area contributed by atoms with Gasteiger partial charge in [-0.05, 0) is 24.1 Å². The summed E-state index contributed by atoms with van der Waals surface area (Å²) in [6.45, 7) is 2.68. The van der Waals surface area contributed by atoms with Crippen LogP contribution in [0, 0.1) is 5.92 Å². The molecule has 0 atom stereocenters. The van der Waals surface area contributed by atoms with Gasteiger partial charge in [-0.15, -0.1) is 0 Å².